The molecule has 1 aliphatic heterocycles. The van der Waals surface area contributed by atoms with Crippen molar-refractivity contribution in [3.05, 3.63) is 0 Å². The van der Waals surface area contributed by atoms with Crippen LogP contribution >= 0.6 is 0 Å². The average Bonchev–Trinajstić information content (AvgIpc) is 2.90. The van der Waals surface area contributed by atoms with Gasteiger partial charge < -0.3 is 4.90 Å². The molecule has 0 saturated carbocycles. The van der Waals surface area contributed by atoms with Crippen LogP contribution in [0.2, 0.25) is 0 Å². The fraction of sp³-hybridized carbons (Fsp3) is 0.938. The Morgan fingerprint density at radius 3 is 2.06 bits per heavy atom. The Labute approximate surface area is 114 Å². The van der Waals surface area contributed by atoms with Crippen molar-refractivity contribution in [2.24, 2.45) is 4.99 Å². The minimum Gasteiger partial charge on any atom is -0.361 e. The van der Waals surface area contributed by atoms with Crippen LogP contribution in [0.15, 0.2) is 4.99 Å². The Morgan fingerprint density at radius 1 is 0.889 bits per heavy atom. The van der Waals surface area contributed by atoms with Crippen LogP contribution < -0.4 is 0 Å². The van der Waals surface area contributed by atoms with Gasteiger partial charge in [0, 0.05) is 19.6 Å². The van der Waals surface area contributed by atoms with E-state index < -0.39 is 0 Å². The molecule has 2 heteroatoms. The summed E-state index contributed by atoms with van der Waals surface area (Å²) in [4.78, 5) is 7.13. The van der Waals surface area contributed by atoms with Gasteiger partial charge in [-0.05, 0) is 26.2 Å². The van der Waals surface area contributed by atoms with Crippen LogP contribution in [0.25, 0.3) is 0 Å². The second-order valence-electron chi connectivity index (χ2n) is 5.60. The third-order valence-electron chi connectivity index (χ3n) is 3.92. The fourth-order valence-corrected chi connectivity index (χ4v) is 2.63. The first-order chi connectivity index (χ1) is 8.84. The summed E-state index contributed by atoms with van der Waals surface area (Å²) >= 11 is 0. The molecule has 106 valence electrons. The summed E-state index contributed by atoms with van der Waals surface area (Å²) in [7, 11) is 0. The summed E-state index contributed by atoms with van der Waals surface area (Å²) in [6, 6.07) is 0. The van der Waals surface area contributed by atoms with E-state index in [-0.39, 0.29) is 0 Å². The van der Waals surface area contributed by atoms with Gasteiger partial charge in [0.1, 0.15) is 0 Å². The average molecular weight is 252 g/mol. The Morgan fingerprint density at radius 2 is 1.44 bits per heavy atom. The SMILES string of the molecule is CCCCCCCCCCN=C(C)N1CCCC1. The second-order valence-corrected chi connectivity index (χ2v) is 5.60. The largest absolute Gasteiger partial charge is 0.361 e. The number of nitrogens with zero attached hydrogens (tertiary/aromatic N) is 2. The van der Waals surface area contributed by atoms with Crippen LogP contribution in [-0.2, 0) is 0 Å². The molecule has 0 aliphatic carbocycles. The van der Waals surface area contributed by atoms with Crippen molar-refractivity contribution < 1.29 is 0 Å². The maximum absolute atomic E-state index is 4.70. The van der Waals surface area contributed by atoms with Crippen LogP contribution in [-0.4, -0.2) is 30.4 Å². The minimum atomic E-state index is 1.04. The van der Waals surface area contributed by atoms with Crippen molar-refractivity contribution in [2.45, 2.75) is 78.1 Å². The summed E-state index contributed by atoms with van der Waals surface area (Å²) in [5.74, 6) is 1.27. The third-order valence-corrected chi connectivity index (χ3v) is 3.92. The normalized spacial score (nSPS) is 16.6. The van der Waals surface area contributed by atoms with Crippen molar-refractivity contribution in [3.8, 4) is 0 Å². The Balaban J connectivity index is 1.89. The van der Waals surface area contributed by atoms with E-state index in [2.05, 4.69) is 18.7 Å². The van der Waals surface area contributed by atoms with Gasteiger partial charge in [-0.2, -0.15) is 0 Å². The molecular formula is C16H32N2. The second kappa shape index (κ2) is 10.4. The van der Waals surface area contributed by atoms with Gasteiger partial charge in [0.05, 0.1) is 5.84 Å². The number of hydrogen-bond donors (Lipinski definition) is 0. The van der Waals surface area contributed by atoms with E-state index in [1.54, 1.807) is 0 Å². The molecule has 1 aliphatic rings. The quantitative estimate of drug-likeness (QED) is 0.331. The van der Waals surface area contributed by atoms with Crippen molar-refractivity contribution in [1.82, 2.24) is 4.90 Å². The molecule has 0 aromatic carbocycles. The van der Waals surface area contributed by atoms with Crippen molar-refractivity contribution >= 4 is 5.84 Å². The van der Waals surface area contributed by atoms with Gasteiger partial charge in [0.2, 0.25) is 0 Å². The molecule has 18 heavy (non-hydrogen) atoms. The number of unbranched alkanes of at least 4 members (excludes halogenated alkanes) is 7. The lowest BCUT2D eigenvalue weighted by atomic mass is 10.1. The van der Waals surface area contributed by atoms with Gasteiger partial charge in [-0.25, -0.2) is 0 Å². The maximum atomic E-state index is 4.70. The number of likely N-dealkylation sites (tertiary alicyclic amines) is 1. The van der Waals surface area contributed by atoms with E-state index >= 15 is 0 Å². The zero-order valence-electron chi connectivity index (χ0n) is 12.6. The van der Waals surface area contributed by atoms with E-state index in [9.17, 15) is 0 Å². The molecule has 0 aromatic heterocycles. The topological polar surface area (TPSA) is 15.6 Å². The van der Waals surface area contributed by atoms with E-state index in [0.717, 1.165) is 6.54 Å². The van der Waals surface area contributed by atoms with Crippen LogP contribution in [0.3, 0.4) is 0 Å². The lowest BCUT2D eigenvalue weighted by Gasteiger charge is -2.16. The predicted molar refractivity (Wildman–Crippen MR) is 81.4 cm³/mol. The first-order valence-corrected chi connectivity index (χ1v) is 8.10. The predicted octanol–water partition coefficient (Wildman–Crippen LogP) is 4.64. The van der Waals surface area contributed by atoms with Gasteiger partial charge in [0.15, 0.2) is 0 Å². The van der Waals surface area contributed by atoms with Crippen molar-refractivity contribution in [2.75, 3.05) is 19.6 Å². The van der Waals surface area contributed by atoms with Crippen LogP contribution in [0.5, 0.6) is 0 Å². The molecule has 1 saturated heterocycles. The Bertz CT molecular complexity index is 217. The summed E-state index contributed by atoms with van der Waals surface area (Å²) in [5, 5.41) is 0. The molecule has 0 spiro atoms. The highest BCUT2D eigenvalue weighted by Gasteiger charge is 2.11. The molecule has 0 unspecified atom stereocenters. The number of aliphatic imine (C=N–C) groups is 1. The van der Waals surface area contributed by atoms with Crippen LogP contribution in [0, 0.1) is 0 Å². The highest BCUT2D eigenvalue weighted by atomic mass is 15.2. The molecule has 0 bridgehead atoms. The molecule has 2 nitrogen and oxygen atoms in total. The summed E-state index contributed by atoms with van der Waals surface area (Å²) in [6.45, 7) is 7.95. The number of amidine groups is 1. The monoisotopic (exact) mass is 252 g/mol. The van der Waals surface area contributed by atoms with Gasteiger partial charge in [-0.15, -0.1) is 0 Å². The zero-order valence-corrected chi connectivity index (χ0v) is 12.6. The first-order valence-electron chi connectivity index (χ1n) is 8.10. The first kappa shape index (κ1) is 15.5. The molecule has 0 amide bonds. The van der Waals surface area contributed by atoms with E-state index in [1.807, 2.05) is 0 Å². The highest BCUT2D eigenvalue weighted by molar-refractivity contribution is 5.79. The molecule has 0 radical (unpaired) electrons. The zero-order chi connectivity index (χ0) is 13.1. The molecule has 1 rings (SSSR count). The third kappa shape index (κ3) is 7.03. The van der Waals surface area contributed by atoms with E-state index in [1.165, 1.54) is 83.1 Å². The summed E-state index contributed by atoms with van der Waals surface area (Å²) in [6.07, 6.45) is 13.8. The van der Waals surface area contributed by atoms with Crippen molar-refractivity contribution in [3.63, 3.8) is 0 Å². The van der Waals surface area contributed by atoms with Gasteiger partial charge in [-0.3, -0.25) is 4.99 Å². The molecule has 0 aromatic rings. The number of hydrogen-bond acceptors (Lipinski definition) is 1. The molecule has 0 atom stereocenters. The standard InChI is InChI=1S/C16H32N2/c1-3-4-5-6-7-8-9-10-13-17-16(2)18-14-11-12-15-18/h3-15H2,1-2H3. The van der Waals surface area contributed by atoms with Crippen molar-refractivity contribution in [1.29, 1.82) is 0 Å². The maximum Gasteiger partial charge on any atom is 0.0957 e. The number of rotatable bonds is 9. The molecule has 1 fully saturated rings. The van der Waals surface area contributed by atoms with Gasteiger partial charge in [0.25, 0.3) is 0 Å². The van der Waals surface area contributed by atoms with Gasteiger partial charge in [-0.1, -0.05) is 51.9 Å². The van der Waals surface area contributed by atoms with E-state index in [0.29, 0.717) is 0 Å². The van der Waals surface area contributed by atoms with Crippen LogP contribution in [0.1, 0.15) is 78.1 Å². The highest BCUT2D eigenvalue weighted by Crippen LogP contribution is 2.10. The Kier molecular flexibility index (Phi) is 8.97. The smallest absolute Gasteiger partial charge is 0.0957 e. The lowest BCUT2D eigenvalue weighted by Crippen LogP contribution is -2.25. The van der Waals surface area contributed by atoms with E-state index in [4.69, 9.17) is 4.99 Å². The van der Waals surface area contributed by atoms with Gasteiger partial charge >= 0.3 is 0 Å². The summed E-state index contributed by atoms with van der Waals surface area (Å²) in [5.41, 5.74) is 0. The minimum absolute atomic E-state index is 1.04. The molecular weight excluding hydrogens is 220 g/mol. The lowest BCUT2D eigenvalue weighted by molar-refractivity contribution is 0.511. The Hall–Kier alpha value is -0.530. The molecule has 0 N–H and O–H groups in total. The molecule has 1 heterocycles. The summed E-state index contributed by atoms with van der Waals surface area (Å²) < 4.78 is 0. The fourth-order valence-electron chi connectivity index (χ4n) is 2.63. The van der Waals surface area contributed by atoms with Crippen LogP contribution in [0.4, 0.5) is 0 Å².